The highest BCUT2D eigenvalue weighted by atomic mass is 16.5. The normalized spacial score (nSPS) is 11.2. The molecule has 0 saturated carbocycles. The van der Waals surface area contributed by atoms with E-state index < -0.39 is 0 Å². The van der Waals surface area contributed by atoms with Gasteiger partial charge in [-0.3, -0.25) is 4.98 Å². The Balaban J connectivity index is 1.78. The maximum absolute atomic E-state index is 6.11. The molecule has 27 heavy (non-hydrogen) atoms. The summed E-state index contributed by atoms with van der Waals surface area (Å²) in [5.74, 6) is 2.43. The zero-order chi connectivity index (χ0) is 18.6. The molecule has 0 aliphatic heterocycles. The van der Waals surface area contributed by atoms with Crippen molar-refractivity contribution < 1.29 is 13.9 Å². The number of hydrogen-bond acceptors (Lipinski definition) is 4. The highest BCUT2D eigenvalue weighted by Crippen LogP contribution is 2.34. The van der Waals surface area contributed by atoms with Crippen molar-refractivity contribution in [3.8, 4) is 22.8 Å². The molecule has 0 aliphatic rings. The Morgan fingerprint density at radius 2 is 1.48 bits per heavy atom. The van der Waals surface area contributed by atoms with E-state index in [0.717, 1.165) is 45.0 Å². The van der Waals surface area contributed by atoms with Crippen LogP contribution >= 0.6 is 0 Å². The molecular formula is C23H19NO3. The second-order valence-electron chi connectivity index (χ2n) is 6.03. The van der Waals surface area contributed by atoms with Crippen LogP contribution in [-0.4, -0.2) is 19.2 Å². The summed E-state index contributed by atoms with van der Waals surface area (Å²) in [7, 11) is 3.32. The number of hydrogen-bond donors (Lipinski definition) is 0. The molecular weight excluding hydrogens is 338 g/mol. The van der Waals surface area contributed by atoms with Gasteiger partial charge in [-0.15, -0.1) is 0 Å². The maximum Gasteiger partial charge on any atom is 0.153 e. The summed E-state index contributed by atoms with van der Waals surface area (Å²) < 4.78 is 16.6. The molecule has 0 saturated heterocycles. The number of aromatic nitrogens is 1. The average molecular weight is 357 g/mol. The van der Waals surface area contributed by atoms with E-state index in [2.05, 4.69) is 4.98 Å². The van der Waals surface area contributed by atoms with Crippen LogP contribution in [0.1, 0.15) is 11.1 Å². The van der Waals surface area contributed by atoms with Crippen LogP contribution < -0.4 is 9.47 Å². The zero-order valence-corrected chi connectivity index (χ0v) is 15.2. The molecule has 4 nitrogen and oxygen atoms in total. The van der Waals surface area contributed by atoms with E-state index in [0.29, 0.717) is 0 Å². The Morgan fingerprint density at radius 3 is 2.15 bits per heavy atom. The minimum atomic E-state index is 0.762. The second-order valence-corrected chi connectivity index (χ2v) is 6.03. The van der Waals surface area contributed by atoms with Crippen LogP contribution in [0.25, 0.3) is 34.6 Å². The van der Waals surface area contributed by atoms with Gasteiger partial charge in [-0.2, -0.15) is 0 Å². The van der Waals surface area contributed by atoms with Crippen molar-refractivity contribution in [3.63, 3.8) is 0 Å². The quantitative estimate of drug-likeness (QED) is 0.461. The number of fused-ring (bicyclic) bond motifs is 1. The summed E-state index contributed by atoms with van der Waals surface area (Å²) in [6.07, 6.45) is 5.87. The van der Waals surface area contributed by atoms with Crippen LogP contribution in [0.3, 0.4) is 0 Å². The SMILES string of the molecule is COc1ccc(/C=C/c2c(-c3ccc(OC)cc3)oc3cccnc23)cc1. The Kier molecular flexibility index (Phi) is 4.62. The highest BCUT2D eigenvalue weighted by Gasteiger charge is 2.15. The molecule has 2 aromatic carbocycles. The minimum Gasteiger partial charge on any atom is -0.497 e. The van der Waals surface area contributed by atoms with E-state index in [-0.39, 0.29) is 0 Å². The minimum absolute atomic E-state index is 0.762. The fourth-order valence-corrected chi connectivity index (χ4v) is 2.95. The summed E-state index contributed by atoms with van der Waals surface area (Å²) in [6, 6.07) is 19.5. The molecule has 0 fully saturated rings. The van der Waals surface area contributed by atoms with Crippen molar-refractivity contribution in [3.05, 3.63) is 78.0 Å². The molecule has 0 atom stereocenters. The average Bonchev–Trinajstić information content (AvgIpc) is 3.11. The van der Waals surface area contributed by atoms with Gasteiger partial charge in [0.15, 0.2) is 5.58 Å². The lowest BCUT2D eigenvalue weighted by molar-refractivity contribution is 0.414. The fourth-order valence-electron chi connectivity index (χ4n) is 2.95. The summed E-state index contributed by atoms with van der Waals surface area (Å²) in [4.78, 5) is 4.51. The number of furan rings is 1. The lowest BCUT2D eigenvalue weighted by Gasteiger charge is -2.02. The van der Waals surface area contributed by atoms with E-state index in [1.54, 1.807) is 20.4 Å². The first kappa shape index (κ1) is 16.9. The molecule has 0 spiro atoms. The van der Waals surface area contributed by atoms with E-state index in [9.17, 15) is 0 Å². The lowest BCUT2D eigenvalue weighted by atomic mass is 10.1. The van der Waals surface area contributed by atoms with Crippen LogP contribution in [0.2, 0.25) is 0 Å². The first-order valence-electron chi connectivity index (χ1n) is 8.62. The first-order valence-corrected chi connectivity index (χ1v) is 8.62. The van der Waals surface area contributed by atoms with Gasteiger partial charge < -0.3 is 13.9 Å². The largest absolute Gasteiger partial charge is 0.497 e. The van der Waals surface area contributed by atoms with Crippen LogP contribution in [0.15, 0.2) is 71.3 Å². The molecule has 0 amide bonds. The second kappa shape index (κ2) is 7.38. The van der Waals surface area contributed by atoms with Gasteiger partial charge in [-0.05, 0) is 60.2 Å². The molecule has 0 unspecified atom stereocenters. The number of benzene rings is 2. The van der Waals surface area contributed by atoms with Crippen LogP contribution in [0.4, 0.5) is 0 Å². The predicted octanol–water partition coefficient (Wildman–Crippen LogP) is 5.68. The van der Waals surface area contributed by atoms with E-state index >= 15 is 0 Å². The van der Waals surface area contributed by atoms with Gasteiger partial charge in [0.1, 0.15) is 22.8 Å². The van der Waals surface area contributed by atoms with Crippen molar-refractivity contribution in [1.29, 1.82) is 0 Å². The summed E-state index contributed by atoms with van der Waals surface area (Å²) in [5.41, 5.74) is 4.60. The molecule has 0 aliphatic carbocycles. The number of ether oxygens (including phenoxy) is 2. The Labute approximate surface area is 157 Å². The predicted molar refractivity (Wildman–Crippen MR) is 108 cm³/mol. The maximum atomic E-state index is 6.11. The smallest absolute Gasteiger partial charge is 0.153 e. The van der Waals surface area contributed by atoms with Crippen molar-refractivity contribution in [2.45, 2.75) is 0 Å². The molecule has 0 bridgehead atoms. The number of nitrogens with zero attached hydrogens (tertiary/aromatic N) is 1. The van der Waals surface area contributed by atoms with Crippen molar-refractivity contribution in [1.82, 2.24) is 4.98 Å². The van der Waals surface area contributed by atoms with Crippen LogP contribution in [0, 0.1) is 0 Å². The van der Waals surface area contributed by atoms with Gasteiger partial charge in [0.05, 0.1) is 14.2 Å². The standard InChI is InChI=1S/C23H19NO3/c1-25-18-10-5-16(6-11-18)7-14-20-22-21(4-3-15-24-22)27-23(20)17-8-12-19(26-2)13-9-17/h3-15H,1-2H3/b14-7+. The zero-order valence-electron chi connectivity index (χ0n) is 15.2. The van der Waals surface area contributed by atoms with Gasteiger partial charge in [0.25, 0.3) is 0 Å². The molecule has 2 aromatic heterocycles. The Hall–Kier alpha value is -3.53. The molecule has 4 rings (SSSR count). The first-order chi connectivity index (χ1) is 13.3. The van der Waals surface area contributed by atoms with Crippen LogP contribution in [0.5, 0.6) is 11.5 Å². The fraction of sp³-hybridized carbons (Fsp3) is 0.0870. The van der Waals surface area contributed by atoms with Gasteiger partial charge in [-0.1, -0.05) is 18.2 Å². The lowest BCUT2D eigenvalue weighted by Crippen LogP contribution is -1.84. The molecule has 4 heteroatoms. The highest BCUT2D eigenvalue weighted by molar-refractivity contribution is 5.94. The summed E-state index contributed by atoms with van der Waals surface area (Å²) in [6.45, 7) is 0. The third-order valence-corrected chi connectivity index (χ3v) is 4.39. The van der Waals surface area contributed by atoms with E-state index in [1.807, 2.05) is 72.8 Å². The molecule has 4 aromatic rings. The van der Waals surface area contributed by atoms with Crippen LogP contribution in [-0.2, 0) is 0 Å². The van der Waals surface area contributed by atoms with Gasteiger partial charge in [0.2, 0.25) is 0 Å². The number of pyridine rings is 1. The van der Waals surface area contributed by atoms with Crippen molar-refractivity contribution >= 4 is 23.3 Å². The van der Waals surface area contributed by atoms with Crippen molar-refractivity contribution in [2.24, 2.45) is 0 Å². The number of rotatable bonds is 5. The monoisotopic (exact) mass is 357 g/mol. The number of methoxy groups -OCH3 is 2. The van der Waals surface area contributed by atoms with Gasteiger partial charge >= 0.3 is 0 Å². The summed E-state index contributed by atoms with van der Waals surface area (Å²) in [5, 5.41) is 0. The summed E-state index contributed by atoms with van der Waals surface area (Å²) >= 11 is 0. The van der Waals surface area contributed by atoms with Gasteiger partial charge in [0, 0.05) is 17.3 Å². The Morgan fingerprint density at radius 1 is 0.815 bits per heavy atom. The molecule has 0 radical (unpaired) electrons. The van der Waals surface area contributed by atoms with E-state index in [1.165, 1.54) is 0 Å². The van der Waals surface area contributed by atoms with E-state index in [4.69, 9.17) is 13.9 Å². The third-order valence-electron chi connectivity index (χ3n) is 4.39. The van der Waals surface area contributed by atoms with Crippen molar-refractivity contribution in [2.75, 3.05) is 14.2 Å². The third kappa shape index (κ3) is 3.42. The topological polar surface area (TPSA) is 44.5 Å². The Bertz CT molecular complexity index is 1080. The molecule has 2 heterocycles. The van der Waals surface area contributed by atoms with Gasteiger partial charge in [-0.25, -0.2) is 0 Å². The molecule has 134 valence electrons. The molecule has 0 N–H and O–H groups in total.